The van der Waals surface area contributed by atoms with Crippen LogP contribution in [-0.2, 0) is 24.7 Å². The molecule has 8 heteroatoms. The molecule has 2 N–H and O–H groups in total. The van der Waals surface area contributed by atoms with Gasteiger partial charge in [-0.15, -0.1) is 0 Å². The molecular formula is C28H31N3O4S. The highest BCUT2D eigenvalue weighted by Gasteiger charge is 2.71. The molecule has 36 heavy (non-hydrogen) atoms. The molecule has 2 aromatic carbocycles. The minimum absolute atomic E-state index is 0.0820. The van der Waals surface area contributed by atoms with Crippen LogP contribution in [0.25, 0.3) is 0 Å². The number of anilines is 1. The van der Waals surface area contributed by atoms with Crippen LogP contribution in [0.1, 0.15) is 18.9 Å². The number of benzene rings is 2. The van der Waals surface area contributed by atoms with Gasteiger partial charge in [0.15, 0.2) is 0 Å². The van der Waals surface area contributed by atoms with Gasteiger partial charge in [0, 0.05) is 42.3 Å². The molecule has 6 rings (SSSR count). The van der Waals surface area contributed by atoms with Gasteiger partial charge in [-0.3, -0.25) is 4.90 Å². The summed E-state index contributed by atoms with van der Waals surface area (Å²) in [5, 5.41) is 16.5. The van der Waals surface area contributed by atoms with E-state index < -0.39 is 32.6 Å². The van der Waals surface area contributed by atoms with Gasteiger partial charge < -0.3 is 15.2 Å². The molecule has 0 aromatic heterocycles. The van der Waals surface area contributed by atoms with Crippen molar-refractivity contribution in [2.75, 3.05) is 38.3 Å². The maximum absolute atomic E-state index is 14.5. The second-order valence-electron chi connectivity index (χ2n) is 10.1. The lowest BCUT2D eigenvalue weighted by Crippen LogP contribution is -2.71. The van der Waals surface area contributed by atoms with E-state index in [1.165, 1.54) is 7.11 Å². The van der Waals surface area contributed by atoms with Crippen LogP contribution in [0.4, 0.5) is 5.69 Å². The number of aliphatic hydroxyl groups is 1. The highest BCUT2D eigenvalue weighted by atomic mass is 32.2. The zero-order valence-corrected chi connectivity index (χ0v) is 21.5. The summed E-state index contributed by atoms with van der Waals surface area (Å²) < 4.78 is 24.2. The highest BCUT2D eigenvalue weighted by molar-refractivity contribution is 7.93. The molecule has 0 radical (unpaired) electrons. The van der Waals surface area contributed by atoms with Crippen molar-refractivity contribution in [3.63, 3.8) is 0 Å². The van der Waals surface area contributed by atoms with Crippen molar-refractivity contribution in [1.82, 2.24) is 4.90 Å². The molecule has 3 heterocycles. The lowest BCUT2D eigenvalue weighted by Gasteiger charge is -2.58. The fourth-order valence-electron chi connectivity index (χ4n) is 7.36. The van der Waals surface area contributed by atoms with Crippen molar-refractivity contribution < 1.29 is 18.8 Å². The number of nitrogens with zero attached hydrogens (tertiary/aromatic N) is 2. The van der Waals surface area contributed by atoms with E-state index in [0.717, 1.165) is 35.5 Å². The molecule has 2 saturated heterocycles. The third kappa shape index (κ3) is 2.86. The third-order valence-corrected chi connectivity index (χ3v) is 11.1. The first-order valence-corrected chi connectivity index (χ1v) is 14.0. The molecule has 2 fully saturated rings. The number of rotatable bonds is 4. The first kappa shape index (κ1) is 23.5. The molecule has 188 valence electrons. The Labute approximate surface area is 212 Å². The second-order valence-corrected chi connectivity index (χ2v) is 12.5. The summed E-state index contributed by atoms with van der Waals surface area (Å²) in [5.74, 6) is -1.21. The molecule has 0 saturated carbocycles. The molecule has 0 amide bonds. The van der Waals surface area contributed by atoms with Crippen LogP contribution in [0.5, 0.6) is 0 Å². The van der Waals surface area contributed by atoms with Crippen molar-refractivity contribution >= 4 is 21.4 Å². The SMILES string of the molecule is C/C=C1/CN2CC[C@]34C(=C(C(=O)OC)[C@H]1[C@](O)(C[S@@](=O)(=NC)c1ccccc1)[C@H]23)Nc1ccccc14. The summed E-state index contributed by atoms with van der Waals surface area (Å²) in [5.41, 5.74) is 2.04. The summed E-state index contributed by atoms with van der Waals surface area (Å²) >= 11 is 0. The molecule has 0 unspecified atom stereocenters. The predicted molar refractivity (Wildman–Crippen MR) is 139 cm³/mol. The van der Waals surface area contributed by atoms with Gasteiger partial charge in [0.05, 0.1) is 39.6 Å². The maximum atomic E-state index is 14.5. The van der Waals surface area contributed by atoms with Crippen LogP contribution in [-0.4, -0.2) is 64.8 Å². The molecule has 4 aliphatic rings. The Morgan fingerprint density at radius 1 is 1.25 bits per heavy atom. The average molecular weight is 506 g/mol. The molecule has 1 spiro atoms. The number of carbonyl (C=O) groups is 1. The smallest absolute Gasteiger partial charge is 0.336 e. The summed E-state index contributed by atoms with van der Waals surface area (Å²) in [6.45, 7) is 3.32. The third-order valence-electron chi connectivity index (χ3n) is 8.64. The summed E-state index contributed by atoms with van der Waals surface area (Å²) in [4.78, 5) is 16.4. The van der Waals surface area contributed by atoms with E-state index in [1.807, 2.05) is 49.4 Å². The number of para-hydroxylation sites is 1. The van der Waals surface area contributed by atoms with Gasteiger partial charge in [-0.25, -0.2) is 13.4 Å². The summed E-state index contributed by atoms with van der Waals surface area (Å²) in [6, 6.07) is 16.8. The summed E-state index contributed by atoms with van der Waals surface area (Å²) in [6.07, 6.45) is 2.72. The van der Waals surface area contributed by atoms with Gasteiger partial charge in [0.1, 0.15) is 5.60 Å². The van der Waals surface area contributed by atoms with Crippen molar-refractivity contribution in [3.8, 4) is 0 Å². The molecule has 2 bridgehead atoms. The molecule has 3 aliphatic heterocycles. The van der Waals surface area contributed by atoms with E-state index in [-0.39, 0.29) is 11.8 Å². The largest absolute Gasteiger partial charge is 0.466 e. The lowest BCUT2D eigenvalue weighted by atomic mass is 9.55. The first-order valence-electron chi connectivity index (χ1n) is 12.3. The van der Waals surface area contributed by atoms with Crippen molar-refractivity contribution in [3.05, 3.63) is 83.1 Å². The molecule has 1 aliphatic carbocycles. The Morgan fingerprint density at radius 2 is 1.97 bits per heavy atom. The van der Waals surface area contributed by atoms with Crippen LogP contribution in [0.2, 0.25) is 0 Å². The normalized spacial score (nSPS) is 32.9. The van der Waals surface area contributed by atoms with Gasteiger partial charge in [-0.2, -0.15) is 0 Å². The van der Waals surface area contributed by atoms with Gasteiger partial charge >= 0.3 is 5.97 Å². The van der Waals surface area contributed by atoms with E-state index in [9.17, 15) is 14.1 Å². The number of piperidine rings is 1. The number of hydrogen-bond acceptors (Lipinski definition) is 7. The number of allylic oxidation sites excluding steroid dienone is 1. The Hall–Kier alpha value is -2.94. The van der Waals surface area contributed by atoms with Gasteiger partial charge in [-0.05, 0) is 42.7 Å². The van der Waals surface area contributed by atoms with Crippen LogP contribution in [0, 0.1) is 5.92 Å². The maximum Gasteiger partial charge on any atom is 0.336 e. The Kier molecular flexibility index (Phi) is 5.23. The van der Waals surface area contributed by atoms with Gasteiger partial charge in [-0.1, -0.05) is 42.5 Å². The second kappa shape index (κ2) is 8.03. The quantitative estimate of drug-likeness (QED) is 0.489. The zero-order chi connectivity index (χ0) is 25.3. The Bertz CT molecular complexity index is 1440. The minimum atomic E-state index is -3.00. The van der Waals surface area contributed by atoms with E-state index in [4.69, 9.17) is 4.74 Å². The number of esters is 1. The topological polar surface area (TPSA) is 91.2 Å². The van der Waals surface area contributed by atoms with Crippen molar-refractivity contribution in [1.29, 1.82) is 0 Å². The molecular weight excluding hydrogens is 474 g/mol. The van der Waals surface area contributed by atoms with Crippen LogP contribution >= 0.6 is 0 Å². The zero-order valence-electron chi connectivity index (χ0n) is 20.7. The lowest BCUT2D eigenvalue weighted by molar-refractivity contribution is -0.141. The van der Waals surface area contributed by atoms with Crippen molar-refractivity contribution in [2.24, 2.45) is 10.3 Å². The minimum Gasteiger partial charge on any atom is -0.466 e. The Balaban J connectivity index is 1.66. The fourth-order valence-corrected chi connectivity index (χ4v) is 9.40. The van der Waals surface area contributed by atoms with Crippen molar-refractivity contribution in [2.45, 2.75) is 35.3 Å². The van der Waals surface area contributed by atoms with E-state index in [0.29, 0.717) is 17.0 Å². The van der Waals surface area contributed by atoms with Gasteiger partial charge in [0.25, 0.3) is 0 Å². The average Bonchev–Trinajstić information content (AvgIpc) is 3.46. The Morgan fingerprint density at radius 3 is 2.67 bits per heavy atom. The number of hydrogen-bond donors (Lipinski definition) is 2. The number of nitrogens with one attached hydrogen (secondary N) is 1. The molecule has 2 aromatic rings. The predicted octanol–water partition coefficient (Wildman–Crippen LogP) is 3.33. The van der Waals surface area contributed by atoms with E-state index in [1.54, 1.807) is 19.2 Å². The van der Waals surface area contributed by atoms with Crippen LogP contribution in [0.3, 0.4) is 0 Å². The van der Waals surface area contributed by atoms with Crippen LogP contribution < -0.4 is 5.32 Å². The first-order chi connectivity index (χ1) is 17.3. The standard InChI is InChI=1S/C28H31N3O4S/c1-4-18-16-31-15-14-27-20-12-8-9-13-21(20)30-24(27)22(25(32)35-3)23(18)28(33,26(27)31)17-36(34,29-2)19-10-6-5-7-11-19/h4-13,23,26,30,33H,14-17H2,1-3H3/b18-4-/t23-,26+,27-,28+,36-/m0/s1. The van der Waals surface area contributed by atoms with E-state index in [2.05, 4.69) is 20.6 Å². The monoisotopic (exact) mass is 505 g/mol. The number of methoxy groups -OCH3 is 1. The van der Waals surface area contributed by atoms with Gasteiger partial charge in [0.2, 0.25) is 0 Å². The highest BCUT2D eigenvalue weighted by Crippen LogP contribution is 2.64. The summed E-state index contributed by atoms with van der Waals surface area (Å²) in [7, 11) is -0.0658. The van der Waals surface area contributed by atoms with Crippen LogP contribution in [0.15, 0.2) is 86.8 Å². The van der Waals surface area contributed by atoms with E-state index >= 15 is 0 Å². The molecule has 5 atom stereocenters. The number of ether oxygens (including phenoxy) is 1. The molecule has 7 nitrogen and oxygen atoms in total. The number of fused-ring (bicyclic) bond motifs is 2. The number of carbonyl (C=O) groups excluding carboxylic acids is 1. The fraction of sp³-hybridized carbons (Fsp3) is 0.393.